The zero-order valence-electron chi connectivity index (χ0n) is 12.5. The second-order valence-electron chi connectivity index (χ2n) is 6.33. The fourth-order valence-corrected chi connectivity index (χ4v) is 2.66. The lowest BCUT2D eigenvalue weighted by Crippen LogP contribution is -2.32. The van der Waals surface area contributed by atoms with E-state index in [0.717, 1.165) is 4.31 Å². The Kier molecular flexibility index (Phi) is 6.53. The van der Waals surface area contributed by atoms with Crippen LogP contribution >= 0.6 is 0 Å². The van der Waals surface area contributed by atoms with Crippen molar-refractivity contribution in [3.8, 4) is 22.9 Å². The lowest BCUT2D eigenvalue weighted by Gasteiger charge is -2.20. The zero-order valence-corrected chi connectivity index (χ0v) is 15.3. The molecule has 19 heavy (non-hydrogen) atoms. The fraction of sp³-hybridized carbons (Fsp3) is 0.667. The van der Waals surface area contributed by atoms with Crippen LogP contribution in [0.15, 0.2) is 0 Å². The lowest BCUT2D eigenvalue weighted by atomic mass is 10.6. The third-order valence-electron chi connectivity index (χ3n) is 1.75. The molecule has 0 aliphatic heterocycles. The van der Waals surface area contributed by atoms with Gasteiger partial charge >= 0.3 is 0 Å². The van der Waals surface area contributed by atoms with Gasteiger partial charge in [-0.05, 0) is 0 Å². The Bertz CT molecular complexity index is 488. The summed E-state index contributed by atoms with van der Waals surface area (Å²) >= 11 is 0. The zero-order chi connectivity index (χ0) is 15.3. The molecule has 0 heterocycles. The van der Waals surface area contributed by atoms with Gasteiger partial charge in [0.1, 0.15) is 16.1 Å². The Morgan fingerprint density at radius 2 is 1.21 bits per heavy atom. The van der Waals surface area contributed by atoms with Crippen molar-refractivity contribution in [2.24, 2.45) is 0 Å². The Labute approximate surface area is 119 Å². The van der Waals surface area contributed by atoms with Crippen LogP contribution in [0.2, 0.25) is 39.3 Å². The first kappa shape index (κ1) is 18.4. The highest BCUT2D eigenvalue weighted by Crippen LogP contribution is 2.00. The summed E-state index contributed by atoms with van der Waals surface area (Å²) in [6.07, 6.45) is 0. The second kappa shape index (κ2) is 6.73. The summed E-state index contributed by atoms with van der Waals surface area (Å²) in [7, 11) is -7.61. The first-order valence-electron chi connectivity index (χ1n) is 6.02. The molecule has 0 radical (unpaired) electrons. The molecule has 0 aliphatic rings. The molecule has 7 heteroatoms. The molecule has 0 saturated carbocycles. The molecule has 0 rings (SSSR count). The van der Waals surface area contributed by atoms with E-state index in [-0.39, 0.29) is 13.1 Å². The molecule has 0 spiro atoms. The highest BCUT2D eigenvalue weighted by molar-refractivity contribution is 7.83. The largest absolute Gasteiger partial charge is 0.735 e. The topological polar surface area (TPSA) is 60.4 Å². The molecule has 0 aromatic carbocycles. The minimum atomic E-state index is -4.49. The molecular weight excluding hydrogens is 294 g/mol. The first-order valence-corrected chi connectivity index (χ1v) is 14.4. The van der Waals surface area contributed by atoms with Gasteiger partial charge in [-0.2, -0.15) is 4.31 Å². The molecule has 0 unspecified atom stereocenters. The smallest absolute Gasteiger partial charge is 0.163 e. The quantitative estimate of drug-likeness (QED) is 0.450. The van der Waals surface area contributed by atoms with Crippen molar-refractivity contribution in [3.05, 3.63) is 0 Å². The summed E-state index contributed by atoms with van der Waals surface area (Å²) in [5.41, 5.74) is 6.07. The molecule has 0 aliphatic carbocycles. The van der Waals surface area contributed by atoms with Crippen molar-refractivity contribution in [1.29, 1.82) is 0 Å². The summed E-state index contributed by atoms with van der Waals surface area (Å²) in [6.45, 7) is 12.2. The molecule has 0 bridgehead atoms. The summed E-state index contributed by atoms with van der Waals surface area (Å²) in [5.74, 6) is 5.56. The highest BCUT2D eigenvalue weighted by atomic mass is 32.2. The predicted molar refractivity (Wildman–Crippen MR) is 83.5 cm³/mol. The van der Waals surface area contributed by atoms with Gasteiger partial charge in [0.25, 0.3) is 0 Å². The standard InChI is InChI=1S/C12H23NO3SSi2/c1-18(2,3)11-7-9-13(17(14,15)16)10-8-12-19(4,5)6/h9-10H2,1-6H3,(H,14,15,16)/p-1. The summed E-state index contributed by atoms with van der Waals surface area (Å²) in [5, 5.41) is 0. The van der Waals surface area contributed by atoms with Crippen LogP contribution in [-0.2, 0) is 10.3 Å². The molecule has 0 atom stereocenters. The van der Waals surface area contributed by atoms with Gasteiger partial charge in [-0.25, -0.2) is 8.42 Å². The normalized spacial score (nSPS) is 12.4. The summed E-state index contributed by atoms with van der Waals surface area (Å²) < 4.78 is 34.1. The third-order valence-corrected chi connectivity index (χ3v) is 4.50. The van der Waals surface area contributed by atoms with Crippen LogP contribution < -0.4 is 0 Å². The van der Waals surface area contributed by atoms with E-state index in [1.165, 1.54) is 0 Å². The van der Waals surface area contributed by atoms with Crippen molar-refractivity contribution in [2.75, 3.05) is 13.1 Å². The molecule has 0 amide bonds. The van der Waals surface area contributed by atoms with Gasteiger partial charge in [-0.1, -0.05) is 51.1 Å². The number of hydrogen-bond donors (Lipinski definition) is 0. The number of hydrogen-bond acceptors (Lipinski definition) is 3. The van der Waals surface area contributed by atoms with Crippen LogP contribution in [0.1, 0.15) is 0 Å². The van der Waals surface area contributed by atoms with Crippen molar-refractivity contribution in [2.45, 2.75) is 39.3 Å². The van der Waals surface area contributed by atoms with Crippen LogP contribution in [0.4, 0.5) is 0 Å². The fourth-order valence-electron chi connectivity index (χ4n) is 1.000. The van der Waals surface area contributed by atoms with Gasteiger partial charge in [0.15, 0.2) is 10.3 Å². The Hall–Kier alpha value is -0.576. The molecule has 0 saturated heterocycles. The number of nitrogens with zero attached hydrogens (tertiary/aromatic N) is 1. The van der Waals surface area contributed by atoms with E-state index in [1.807, 2.05) is 0 Å². The molecule has 4 nitrogen and oxygen atoms in total. The van der Waals surface area contributed by atoms with Crippen LogP contribution in [0.25, 0.3) is 0 Å². The summed E-state index contributed by atoms with van der Waals surface area (Å²) in [6, 6.07) is 0. The Morgan fingerprint density at radius 3 is 1.42 bits per heavy atom. The summed E-state index contributed by atoms with van der Waals surface area (Å²) in [4.78, 5) is 0. The van der Waals surface area contributed by atoms with Gasteiger partial charge in [0.05, 0.1) is 13.1 Å². The maximum atomic E-state index is 11.1. The van der Waals surface area contributed by atoms with Gasteiger partial charge in [0, 0.05) is 0 Å². The average Bonchev–Trinajstić information content (AvgIpc) is 2.09. The van der Waals surface area contributed by atoms with Crippen LogP contribution in [0, 0.1) is 22.9 Å². The van der Waals surface area contributed by atoms with Gasteiger partial charge in [-0.15, -0.1) is 11.1 Å². The van der Waals surface area contributed by atoms with Gasteiger partial charge < -0.3 is 4.55 Å². The molecule has 0 aromatic heterocycles. The van der Waals surface area contributed by atoms with Gasteiger partial charge in [0.2, 0.25) is 0 Å². The van der Waals surface area contributed by atoms with E-state index in [1.54, 1.807) is 0 Å². The molecule has 0 fully saturated rings. The van der Waals surface area contributed by atoms with Gasteiger partial charge in [-0.3, -0.25) is 0 Å². The monoisotopic (exact) mass is 316 g/mol. The van der Waals surface area contributed by atoms with Crippen molar-refractivity contribution in [1.82, 2.24) is 4.31 Å². The van der Waals surface area contributed by atoms with Crippen molar-refractivity contribution >= 4 is 26.5 Å². The van der Waals surface area contributed by atoms with E-state index in [0.29, 0.717) is 0 Å². The predicted octanol–water partition coefficient (Wildman–Crippen LogP) is 1.51. The SMILES string of the molecule is C[Si](C)(C)C#CCN(CC#C[Si](C)(C)C)S(=O)(=O)[O-]. The maximum absolute atomic E-state index is 11.1. The van der Waals surface area contributed by atoms with Crippen LogP contribution in [0.5, 0.6) is 0 Å². The van der Waals surface area contributed by atoms with E-state index in [2.05, 4.69) is 62.2 Å². The third kappa shape index (κ3) is 11.0. The first-order chi connectivity index (χ1) is 8.31. The number of rotatable bonds is 3. The molecule has 0 aromatic rings. The Balaban J connectivity index is 4.86. The van der Waals surface area contributed by atoms with Crippen LogP contribution in [0.3, 0.4) is 0 Å². The average molecular weight is 317 g/mol. The highest BCUT2D eigenvalue weighted by Gasteiger charge is 2.12. The minimum Gasteiger partial charge on any atom is -0.735 e. The molecular formula is C12H22NO3SSi2-. The lowest BCUT2D eigenvalue weighted by molar-refractivity contribution is 0.379. The maximum Gasteiger partial charge on any atom is 0.163 e. The van der Waals surface area contributed by atoms with E-state index < -0.39 is 26.5 Å². The minimum absolute atomic E-state index is 0.0729. The van der Waals surface area contributed by atoms with E-state index in [4.69, 9.17) is 0 Å². The molecule has 108 valence electrons. The van der Waals surface area contributed by atoms with E-state index in [9.17, 15) is 13.0 Å². The van der Waals surface area contributed by atoms with Crippen LogP contribution in [-0.4, -0.2) is 46.5 Å². The second-order valence-corrected chi connectivity index (χ2v) is 17.2. The van der Waals surface area contributed by atoms with E-state index >= 15 is 0 Å². The molecule has 0 N–H and O–H groups in total. The Morgan fingerprint density at radius 1 is 0.895 bits per heavy atom. The van der Waals surface area contributed by atoms with Crippen molar-refractivity contribution in [3.63, 3.8) is 0 Å². The van der Waals surface area contributed by atoms with Crippen molar-refractivity contribution < 1.29 is 13.0 Å².